The van der Waals surface area contributed by atoms with E-state index in [0.29, 0.717) is 23.2 Å². The molecule has 2 saturated carbocycles. The second-order valence-electron chi connectivity index (χ2n) is 11.1. The van der Waals surface area contributed by atoms with Crippen LogP contribution in [0.2, 0.25) is 0 Å². The molecule has 13 heteroatoms. The maximum absolute atomic E-state index is 14.1. The number of aromatic nitrogens is 4. The molecule has 0 bridgehead atoms. The van der Waals surface area contributed by atoms with Crippen molar-refractivity contribution in [3.8, 4) is 0 Å². The molecule has 0 spiro atoms. The number of hydrogen-bond acceptors (Lipinski definition) is 8. The molecule has 2 aliphatic carbocycles. The van der Waals surface area contributed by atoms with Crippen molar-refractivity contribution in [3.63, 3.8) is 0 Å². The Balaban J connectivity index is 1.64. The molecule has 0 aromatic carbocycles. The summed E-state index contributed by atoms with van der Waals surface area (Å²) in [6, 6.07) is 0.00698. The molecule has 2 aromatic heterocycles. The normalized spacial score (nSPS) is 27.3. The van der Waals surface area contributed by atoms with Crippen LogP contribution in [0.4, 0.5) is 23.8 Å². The molecule has 0 radical (unpaired) electrons. The second kappa shape index (κ2) is 9.57. The van der Waals surface area contributed by atoms with Crippen molar-refractivity contribution in [2.45, 2.75) is 96.2 Å². The number of amides is 1. The Morgan fingerprint density at radius 1 is 1.16 bits per heavy atom. The predicted octanol–water partition coefficient (Wildman–Crippen LogP) is 4.27. The molecule has 37 heavy (non-hydrogen) atoms. The smallest absolute Gasteiger partial charge is 0.374 e. The van der Waals surface area contributed by atoms with Crippen molar-refractivity contribution < 1.29 is 27.9 Å². The third-order valence-corrected chi connectivity index (χ3v) is 8.20. The van der Waals surface area contributed by atoms with Crippen LogP contribution >= 0.6 is 0 Å². The highest BCUT2D eigenvalue weighted by molar-refractivity contribution is 5.84. The minimum atomic E-state index is -4.95. The van der Waals surface area contributed by atoms with E-state index in [1.807, 2.05) is 6.92 Å². The fourth-order valence-electron chi connectivity index (χ4n) is 5.41. The minimum Gasteiger partial charge on any atom is -0.374 e. The van der Waals surface area contributed by atoms with E-state index in [0.717, 1.165) is 51.9 Å². The number of hydrogen-bond donors (Lipinski definition) is 4. The molecule has 1 saturated heterocycles. The topological polar surface area (TPSA) is 126 Å². The van der Waals surface area contributed by atoms with Crippen molar-refractivity contribution in [3.05, 3.63) is 11.6 Å². The zero-order valence-corrected chi connectivity index (χ0v) is 21.2. The van der Waals surface area contributed by atoms with E-state index in [2.05, 4.69) is 38.0 Å². The van der Waals surface area contributed by atoms with Crippen LogP contribution in [0.15, 0.2) is 0 Å². The zero-order valence-electron chi connectivity index (χ0n) is 21.2. The SMILES string of the molecule is CC1CCC(Cn2c(C(C)(O)C(F)(F)F)nc3nc(C4NOC(=O)N4)nc(N[C@H](C)C4CCC4)c32)CC1. The first kappa shape index (κ1) is 26.0. The number of halogens is 3. The van der Waals surface area contributed by atoms with Gasteiger partial charge in [-0.05, 0) is 57.3 Å². The molecule has 2 aromatic rings. The molecule has 3 heterocycles. The first-order valence-corrected chi connectivity index (χ1v) is 13.0. The Bertz CT molecular complexity index is 1160. The largest absolute Gasteiger partial charge is 0.427 e. The third-order valence-electron chi connectivity index (χ3n) is 8.20. The summed E-state index contributed by atoms with van der Waals surface area (Å²) in [5, 5.41) is 16.6. The highest BCUT2D eigenvalue weighted by atomic mass is 19.4. The molecule has 1 aliphatic heterocycles. The van der Waals surface area contributed by atoms with Gasteiger partial charge in [0.25, 0.3) is 0 Å². The van der Waals surface area contributed by atoms with E-state index in [-0.39, 0.29) is 30.0 Å². The molecule has 5 rings (SSSR count). The lowest BCUT2D eigenvalue weighted by Crippen LogP contribution is -2.42. The van der Waals surface area contributed by atoms with Crippen LogP contribution in [-0.2, 0) is 17.0 Å². The summed E-state index contributed by atoms with van der Waals surface area (Å²) >= 11 is 0. The number of alkyl halides is 3. The number of rotatable bonds is 7. The lowest BCUT2D eigenvalue weighted by Gasteiger charge is -2.33. The Hall–Kier alpha value is -2.67. The van der Waals surface area contributed by atoms with Crippen LogP contribution in [-0.4, -0.2) is 42.9 Å². The predicted molar refractivity (Wildman–Crippen MR) is 128 cm³/mol. The van der Waals surface area contributed by atoms with Gasteiger partial charge in [0.15, 0.2) is 29.3 Å². The summed E-state index contributed by atoms with van der Waals surface area (Å²) in [4.78, 5) is 29.6. The summed E-state index contributed by atoms with van der Waals surface area (Å²) in [6.45, 7) is 5.19. The molecule has 3 atom stereocenters. The number of carbonyl (C=O) groups is 1. The van der Waals surface area contributed by atoms with Gasteiger partial charge in [0.2, 0.25) is 5.60 Å². The van der Waals surface area contributed by atoms with E-state index in [1.165, 1.54) is 4.57 Å². The van der Waals surface area contributed by atoms with Crippen molar-refractivity contribution in [2.75, 3.05) is 5.32 Å². The third kappa shape index (κ3) is 4.95. The van der Waals surface area contributed by atoms with Crippen LogP contribution in [0, 0.1) is 17.8 Å². The Labute approximate surface area is 212 Å². The molecular weight excluding hydrogens is 491 g/mol. The van der Waals surface area contributed by atoms with Crippen molar-refractivity contribution >= 4 is 23.1 Å². The van der Waals surface area contributed by atoms with Gasteiger partial charge in [0, 0.05) is 12.6 Å². The summed E-state index contributed by atoms with van der Waals surface area (Å²) in [6.07, 6.45) is 0.427. The van der Waals surface area contributed by atoms with Gasteiger partial charge in [0.1, 0.15) is 5.52 Å². The Morgan fingerprint density at radius 2 is 1.86 bits per heavy atom. The lowest BCUT2D eigenvalue weighted by molar-refractivity contribution is -0.262. The zero-order chi connectivity index (χ0) is 26.5. The Morgan fingerprint density at radius 3 is 2.43 bits per heavy atom. The van der Waals surface area contributed by atoms with Gasteiger partial charge in [0.05, 0.1) is 0 Å². The van der Waals surface area contributed by atoms with Gasteiger partial charge in [-0.3, -0.25) is 5.32 Å². The van der Waals surface area contributed by atoms with Gasteiger partial charge < -0.3 is 19.8 Å². The number of nitrogens with zero attached hydrogens (tertiary/aromatic N) is 4. The van der Waals surface area contributed by atoms with Gasteiger partial charge in [-0.25, -0.2) is 19.7 Å². The van der Waals surface area contributed by atoms with Crippen LogP contribution in [0.3, 0.4) is 0 Å². The summed E-state index contributed by atoms with van der Waals surface area (Å²) < 4.78 is 43.7. The first-order chi connectivity index (χ1) is 17.4. The average Bonchev–Trinajstić information content (AvgIpc) is 3.37. The van der Waals surface area contributed by atoms with E-state index in [4.69, 9.17) is 4.84 Å². The number of hydroxylamine groups is 1. The maximum atomic E-state index is 14.1. The minimum absolute atomic E-state index is 0.00698. The fourth-order valence-corrected chi connectivity index (χ4v) is 5.41. The Kier molecular flexibility index (Phi) is 6.71. The van der Waals surface area contributed by atoms with E-state index >= 15 is 0 Å². The number of aliphatic hydroxyl groups is 1. The average molecular weight is 526 g/mol. The standard InChI is InChI=1S/C24H34F3N7O3/c1-12-7-9-14(10-8-12)11-34-16-17(28-13(2)15-5-4-6-15)29-19(20-32-22(35)37-33-20)30-18(16)31-21(34)23(3,36)24(25,26)27/h12-15,20,33,36H,4-11H2,1-3H3,(H,32,35)(H,28,29,30)/t12?,13-,14?,20?,23?/m1/s1. The number of carbonyl (C=O) groups excluding carboxylic acids is 1. The number of fused-ring (bicyclic) bond motifs is 1. The van der Waals surface area contributed by atoms with Crippen molar-refractivity contribution in [2.24, 2.45) is 17.8 Å². The van der Waals surface area contributed by atoms with Crippen molar-refractivity contribution in [1.29, 1.82) is 0 Å². The molecule has 3 fully saturated rings. The van der Waals surface area contributed by atoms with E-state index in [9.17, 15) is 23.1 Å². The van der Waals surface area contributed by atoms with Crippen LogP contribution in [0.1, 0.15) is 83.5 Å². The second-order valence-corrected chi connectivity index (χ2v) is 11.1. The van der Waals surface area contributed by atoms with Gasteiger partial charge in [-0.2, -0.15) is 13.2 Å². The van der Waals surface area contributed by atoms with E-state index in [1.54, 1.807) is 0 Å². The summed E-state index contributed by atoms with van der Waals surface area (Å²) in [7, 11) is 0. The molecule has 10 nitrogen and oxygen atoms in total. The van der Waals surface area contributed by atoms with Crippen LogP contribution in [0.25, 0.3) is 11.2 Å². The van der Waals surface area contributed by atoms with Crippen molar-refractivity contribution in [1.82, 2.24) is 30.3 Å². The quantitative estimate of drug-likeness (QED) is 0.422. The number of anilines is 1. The molecular formula is C24H34F3N7O3. The number of nitrogens with one attached hydrogen (secondary N) is 3. The van der Waals surface area contributed by atoms with Gasteiger partial charge in [-0.15, -0.1) is 5.48 Å². The monoisotopic (exact) mass is 525 g/mol. The first-order valence-electron chi connectivity index (χ1n) is 13.0. The summed E-state index contributed by atoms with van der Waals surface area (Å²) in [5.41, 5.74) is -0.386. The maximum Gasteiger partial charge on any atom is 0.427 e. The molecule has 2 unspecified atom stereocenters. The highest BCUT2D eigenvalue weighted by Crippen LogP contribution is 2.41. The van der Waals surface area contributed by atoms with E-state index < -0.39 is 29.9 Å². The molecule has 4 N–H and O–H groups in total. The molecule has 1 amide bonds. The highest BCUT2D eigenvalue weighted by Gasteiger charge is 2.55. The van der Waals surface area contributed by atoms with Crippen LogP contribution in [0.5, 0.6) is 0 Å². The number of imidazole rings is 1. The fraction of sp³-hybridized carbons (Fsp3) is 0.750. The molecule has 204 valence electrons. The summed E-state index contributed by atoms with van der Waals surface area (Å²) in [5.74, 6) is 1.03. The van der Waals surface area contributed by atoms with Gasteiger partial charge >= 0.3 is 12.3 Å². The van der Waals surface area contributed by atoms with Gasteiger partial charge in [-0.1, -0.05) is 26.2 Å². The molecule has 3 aliphatic rings. The lowest BCUT2D eigenvalue weighted by atomic mass is 9.80. The van der Waals surface area contributed by atoms with Crippen LogP contribution < -0.4 is 16.1 Å².